The standard InChI is InChI=1S/C23H30FN.C3H9N.C2H6/c1-6-20-16(2)10-11-21-22(17(20)3)23(4,5)12-13-25(21)15-18-8-7-9-19(24)14-18;1-3(2)4;1-2/h7-11,14,16H,6,12-13,15H2,1-5H3;3H,4H2,1-2H3;1-2H3. The minimum atomic E-state index is -0.154. The molecule has 0 saturated heterocycles. The van der Waals surface area contributed by atoms with Gasteiger partial charge in [0.25, 0.3) is 0 Å². The van der Waals surface area contributed by atoms with Gasteiger partial charge in [0.2, 0.25) is 0 Å². The topological polar surface area (TPSA) is 29.3 Å². The molecule has 31 heavy (non-hydrogen) atoms. The highest BCUT2D eigenvalue weighted by Crippen LogP contribution is 2.46. The summed E-state index contributed by atoms with van der Waals surface area (Å²) in [6.07, 6.45) is 6.86. The van der Waals surface area contributed by atoms with E-state index in [0.29, 0.717) is 12.0 Å². The molecule has 174 valence electrons. The first-order valence-electron chi connectivity index (χ1n) is 11.9. The second-order valence-corrected chi connectivity index (χ2v) is 9.34. The summed E-state index contributed by atoms with van der Waals surface area (Å²) in [7, 11) is 0. The van der Waals surface area contributed by atoms with Crippen molar-refractivity contribution in [3.05, 3.63) is 70.2 Å². The molecule has 1 aliphatic heterocycles. The van der Waals surface area contributed by atoms with Gasteiger partial charge in [-0.3, -0.25) is 0 Å². The molecule has 2 N–H and O–H groups in total. The normalized spacial score (nSPS) is 19.9. The summed E-state index contributed by atoms with van der Waals surface area (Å²) in [5.74, 6) is 0.320. The third-order valence-electron chi connectivity index (χ3n) is 5.87. The SMILES string of the molecule is CC.CC(C)N.CCC1=C(C)C2=C(C=CC1C)N(Cc1cccc(F)c1)CCC2(C)C. The molecule has 0 fully saturated rings. The van der Waals surface area contributed by atoms with E-state index < -0.39 is 0 Å². The van der Waals surface area contributed by atoms with E-state index in [1.165, 1.54) is 22.9 Å². The highest BCUT2D eigenvalue weighted by Gasteiger charge is 2.35. The van der Waals surface area contributed by atoms with Crippen molar-refractivity contribution in [1.29, 1.82) is 0 Å². The van der Waals surface area contributed by atoms with Gasteiger partial charge < -0.3 is 10.6 Å². The number of hydrogen-bond acceptors (Lipinski definition) is 2. The van der Waals surface area contributed by atoms with Crippen LogP contribution in [0.4, 0.5) is 4.39 Å². The van der Waals surface area contributed by atoms with E-state index in [1.807, 2.05) is 33.8 Å². The van der Waals surface area contributed by atoms with E-state index in [-0.39, 0.29) is 11.2 Å². The molecule has 1 heterocycles. The van der Waals surface area contributed by atoms with Gasteiger partial charge in [-0.1, -0.05) is 79.2 Å². The second kappa shape index (κ2) is 12.2. The lowest BCUT2D eigenvalue weighted by atomic mass is 9.73. The van der Waals surface area contributed by atoms with Crippen molar-refractivity contribution in [3.8, 4) is 0 Å². The molecule has 2 aliphatic rings. The van der Waals surface area contributed by atoms with Crippen molar-refractivity contribution in [2.75, 3.05) is 6.54 Å². The van der Waals surface area contributed by atoms with Gasteiger partial charge >= 0.3 is 0 Å². The summed E-state index contributed by atoms with van der Waals surface area (Å²) in [5, 5.41) is 0. The van der Waals surface area contributed by atoms with Gasteiger partial charge in [-0.15, -0.1) is 0 Å². The van der Waals surface area contributed by atoms with Crippen molar-refractivity contribution in [1.82, 2.24) is 4.90 Å². The maximum atomic E-state index is 13.6. The van der Waals surface area contributed by atoms with E-state index in [2.05, 4.69) is 51.7 Å². The third-order valence-corrected chi connectivity index (χ3v) is 5.87. The number of nitrogens with two attached hydrogens (primary N) is 1. The van der Waals surface area contributed by atoms with Gasteiger partial charge in [0.1, 0.15) is 5.82 Å². The molecule has 0 radical (unpaired) electrons. The van der Waals surface area contributed by atoms with Gasteiger partial charge in [0, 0.05) is 18.8 Å². The largest absolute Gasteiger partial charge is 0.367 e. The number of nitrogens with zero attached hydrogens (tertiary/aromatic N) is 1. The zero-order valence-electron chi connectivity index (χ0n) is 21.3. The van der Waals surface area contributed by atoms with Crippen LogP contribution < -0.4 is 5.73 Å². The smallest absolute Gasteiger partial charge is 0.123 e. The molecule has 0 saturated carbocycles. The minimum absolute atomic E-state index is 0.154. The van der Waals surface area contributed by atoms with Crippen molar-refractivity contribution in [3.63, 3.8) is 0 Å². The molecule has 1 aromatic carbocycles. The van der Waals surface area contributed by atoms with Crippen LogP contribution in [-0.2, 0) is 6.54 Å². The number of allylic oxidation sites excluding steroid dienone is 5. The maximum absolute atomic E-state index is 13.6. The predicted molar refractivity (Wildman–Crippen MR) is 134 cm³/mol. The zero-order valence-corrected chi connectivity index (χ0v) is 21.3. The summed E-state index contributed by atoms with van der Waals surface area (Å²) in [4.78, 5) is 2.43. The first-order valence-corrected chi connectivity index (χ1v) is 11.9. The fraction of sp³-hybridized carbons (Fsp3) is 0.571. The molecule has 0 amide bonds. The van der Waals surface area contributed by atoms with E-state index in [1.54, 1.807) is 17.7 Å². The highest BCUT2D eigenvalue weighted by molar-refractivity contribution is 5.49. The Bertz CT molecular complexity index is 796. The molecule has 0 spiro atoms. The van der Waals surface area contributed by atoms with Crippen molar-refractivity contribution >= 4 is 0 Å². The zero-order chi connectivity index (χ0) is 23.8. The summed E-state index contributed by atoms with van der Waals surface area (Å²) in [6.45, 7) is 21.2. The maximum Gasteiger partial charge on any atom is 0.123 e. The number of benzene rings is 1. The minimum Gasteiger partial charge on any atom is -0.367 e. The van der Waals surface area contributed by atoms with E-state index in [0.717, 1.165) is 31.5 Å². The van der Waals surface area contributed by atoms with Gasteiger partial charge in [-0.05, 0) is 72.1 Å². The van der Waals surface area contributed by atoms with Crippen molar-refractivity contribution in [2.24, 2.45) is 17.1 Å². The van der Waals surface area contributed by atoms with Crippen LogP contribution in [0, 0.1) is 17.2 Å². The third kappa shape index (κ3) is 7.35. The molecular formula is C28H45FN2. The lowest BCUT2D eigenvalue weighted by Crippen LogP contribution is -2.36. The highest BCUT2D eigenvalue weighted by atomic mass is 19.1. The van der Waals surface area contributed by atoms with Crippen LogP contribution in [0.25, 0.3) is 0 Å². The molecular weight excluding hydrogens is 383 g/mol. The average molecular weight is 429 g/mol. The Morgan fingerprint density at radius 2 is 1.84 bits per heavy atom. The number of hydrogen-bond donors (Lipinski definition) is 1. The van der Waals surface area contributed by atoms with Crippen molar-refractivity contribution < 1.29 is 4.39 Å². The molecule has 0 bridgehead atoms. The Morgan fingerprint density at radius 3 is 2.39 bits per heavy atom. The lowest BCUT2D eigenvalue weighted by molar-refractivity contribution is 0.242. The van der Waals surface area contributed by atoms with Crippen LogP contribution in [0.1, 0.15) is 80.7 Å². The van der Waals surface area contributed by atoms with Crippen LogP contribution >= 0.6 is 0 Å². The molecule has 1 atom stereocenters. The summed E-state index contributed by atoms with van der Waals surface area (Å²) in [5.41, 5.74) is 12.1. The molecule has 3 heteroatoms. The molecule has 3 rings (SSSR count). The van der Waals surface area contributed by atoms with Gasteiger partial charge in [-0.25, -0.2) is 4.39 Å². The molecule has 2 nitrogen and oxygen atoms in total. The van der Waals surface area contributed by atoms with E-state index in [4.69, 9.17) is 5.73 Å². The Kier molecular flexibility index (Phi) is 10.7. The van der Waals surface area contributed by atoms with E-state index >= 15 is 0 Å². The van der Waals surface area contributed by atoms with Gasteiger partial charge in [-0.2, -0.15) is 0 Å². The summed E-state index contributed by atoms with van der Waals surface area (Å²) >= 11 is 0. The molecule has 0 aromatic heterocycles. The van der Waals surface area contributed by atoms with Crippen LogP contribution in [0.5, 0.6) is 0 Å². The Morgan fingerprint density at radius 1 is 1.23 bits per heavy atom. The number of halogens is 1. The van der Waals surface area contributed by atoms with Gasteiger partial charge in [0.15, 0.2) is 0 Å². The van der Waals surface area contributed by atoms with Crippen LogP contribution in [-0.4, -0.2) is 17.5 Å². The molecule has 1 aliphatic carbocycles. The summed E-state index contributed by atoms with van der Waals surface area (Å²) < 4.78 is 13.6. The Balaban J connectivity index is 0.000000720. The first kappa shape index (κ1) is 27.2. The van der Waals surface area contributed by atoms with Crippen molar-refractivity contribution in [2.45, 2.75) is 87.7 Å². The number of rotatable bonds is 3. The monoisotopic (exact) mass is 428 g/mol. The fourth-order valence-corrected chi connectivity index (χ4v) is 4.51. The molecule has 1 unspecified atom stereocenters. The molecule has 1 aromatic rings. The lowest BCUT2D eigenvalue weighted by Gasteiger charge is -2.42. The first-order chi connectivity index (χ1) is 14.6. The summed E-state index contributed by atoms with van der Waals surface area (Å²) in [6, 6.07) is 7.33. The predicted octanol–water partition coefficient (Wildman–Crippen LogP) is 7.62. The van der Waals surface area contributed by atoms with Crippen LogP contribution in [0.2, 0.25) is 0 Å². The second-order valence-electron chi connectivity index (χ2n) is 9.34. The van der Waals surface area contributed by atoms with E-state index in [9.17, 15) is 4.39 Å². The van der Waals surface area contributed by atoms with Crippen LogP contribution in [0.15, 0.2) is 58.8 Å². The fourth-order valence-electron chi connectivity index (χ4n) is 4.51. The quantitative estimate of drug-likeness (QED) is 0.536. The Labute approximate surface area is 191 Å². The average Bonchev–Trinajstić information content (AvgIpc) is 2.82. The van der Waals surface area contributed by atoms with Gasteiger partial charge in [0.05, 0.1) is 0 Å². The van der Waals surface area contributed by atoms with Crippen LogP contribution in [0.3, 0.4) is 0 Å². The Hall–Kier alpha value is -1.87.